The van der Waals surface area contributed by atoms with Gasteiger partial charge in [-0.25, -0.2) is 0 Å². The molecule has 1 unspecified atom stereocenters. The second-order valence-electron chi connectivity index (χ2n) is 11.4. The summed E-state index contributed by atoms with van der Waals surface area (Å²) in [5, 5.41) is 13.2. The molecule has 0 saturated heterocycles. The summed E-state index contributed by atoms with van der Waals surface area (Å²) in [5.41, 5.74) is 2.26. The molecule has 3 rings (SSSR count). The molecule has 2 N–H and O–H groups in total. The van der Waals surface area contributed by atoms with E-state index >= 15 is 0 Å². The number of nitrogens with zero attached hydrogens (tertiary/aromatic N) is 1. The first-order valence-corrected chi connectivity index (χ1v) is 16.2. The van der Waals surface area contributed by atoms with Crippen LogP contribution in [-0.4, -0.2) is 36.2 Å². The highest BCUT2D eigenvalue weighted by atomic mass is 16.5. The third-order valence-electron chi connectivity index (χ3n) is 8.04. The number of carbonyl (C=O) groups is 2. The van der Waals surface area contributed by atoms with Crippen LogP contribution < -0.4 is 15.0 Å². The second-order valence-corrected chi connectivity index (χ2v) is 11.4. The summed E-state index contributed by atoms with van der Waals surface area (Å²) in [6, 6.07) is 14.7. The van der Waals surface area contributed by atoms with E-state index in [9.17, 15) is 14.7 Å². The Bertz CT molecular complexity index is 1040. The minimum atomic E-state index is -1.78. The van der Waals surface area contributed by atoms with Gasteiger partial charge < -0.3 is 20.1 Å². The lowest BCUT2D eigenvalue weighted by Crippen LogP contribution is -2.44. The quantitative estimate of drug-likeness (QED) is 0.118. The fourth-order valence-electron chi connectivity index (χ4n) is 5.56. The van der Waals surface area contributed by atoms with Gasteiger partial charge in [-0.15, -0.1) is 0 Å². The number of aliphatic hydroxyl groups is 1. The van der Waals surface area contributed by atoms with Crippen molar-refractivity contribution in [3.63, 3.8) is 0 Å². The number of anilines is 2. The van der Waals surface area contributed by atoms with Gasteiger partial charge in [-0.05, 0) is 36.6 Å². The van der Waals surface area contributed by atoms with Gasteiger partial charge in [-0.3, -0.25) is 9.59 Å². The van der Waals surface area contributed by atoms with E-state index in [0.717, 1.165) is 24.1 Å². The number of nitrogens with one attached hydrogen (secondary N) is 1. The molecule has 2 amide bonds. The first kappa shape index (κ1) is 32.7. The van der Waals surface area contributed by atoms with Crippen molar-refractivity contribution in [2.75, 3.05) is 23.4 Å². The molecule has 0 fully saturated rings. The number of rotatable bonds is 21. The predicted molar refractivity (Wildman–Crippen MR) is 169 cm³/mol. The number of carbonyl (C=O) groups excluding carboxylic acids is 2. The maximum atomic E-state index is 12.9. The smallest absolute Gasteiger partial charge is 0.265 e. The number of aliphatic hydroxyl groups excluding tert-OH is 1. The van der Waals surface area contributed by atoms with E-state index in [-0.39, 0.29) is 0 Å². The molecule has 0 bridgehead atoms. The van der Waals surface area contributed by atoms with Gasteiger partial charge in [0.1, 0.15) is 5.75 Å². The van der Waals surface area contributed by atoms with E-state index in [1.165, 1.54) is 94.8 Å². The zero-order chi connectivity index (χ0) is 29.1. The average Bonchev–Trinajstić information content (AvgIpc) is 3.43. The van der Waals surface area contributed by atoms with Crippen molar-refractivity contribution in [3.8, 4) is 5.75 Å². The Morgan fingerprint density at radius 3 is 1.95 bits per heavy atom. The van der Waals surface area contributed by atoms with E-state index in [1.54, 1.807) is 18.2 Å². The average molecular weight is 565 g/mol. The molecule has 6 nitrogen and oxygen atoms in total. The van der Waals surface area contributed by atoms with Gasteiger partial charge in [-0.2, -0.15) is 0 Å². The Morgan fingerprint density at radius 2 is 1.32 bits per heavy atom. The number of benzene rings is 2. The van der Waals surface area contributed by atoms with Crippen molar-refractivity contribution in [1.29, 1.82) is 0 Å². The summed E-state index contributed by atoms with van der Waals surface area (Å²) in [5.74, 6) is -0.815. The molecule has 0 saturated carbocycles. The second kappa shape index (κ2) is 19.3. The number of fused-ring (bicyclic) bond motifs is 1. The monoisotopic (exact) mass is 564 g/mol. The predicted octanol–water partition coefficient (Wildman–Crippen LogP) is 8.22. The van der Waals surface area contributed by atoms with Gasteiger partial charge in [0.25, 0.3) is 11.8 Å². The van der Waals surface area contributed by atoms with Crippen molar-refractivity contribution in [3.05, 3.63) is 54.1 Å². The molecule has 1 aliphatic rings. The fraction of sp³-hybridized carbons (Fsp3) is 0.600. The van der Waals surface area contributed by atoms with Gasteiger partial charge in [0.2, 0.25) is 6.10 Å². The molecule has 0 aromatic heterocycles. The summed E-state index contributed by atoms with van der Waals surface area (Å²) < 4.78 is 5.95. The Kier molecular flexibility index (Phi) is 15.4. The molecule has 2 aromatic carbocycles. The molecule has 2 aromatic rings. The van der Waals surface area contributed by atoms with Crippen LogP contribution in [0.3, 0.4) is 0 Å². The summed E-state index contributed by atoms with van der Waals surface area (Å²) in [6.07, 6.45) is 20.1. The minimum absolute atomic E-state index is 0.460. The Morgan fingerprint density at radius 1 is 0.780 bits per heavy atom. The summed E-state index contributed by atoms with van der Waals surface area (Å²) in [6.45, 7) is 3.30. The standard InChI is InChI=1S/C35H52N2O4/c1-2-3-4-5-6-7-8-9-10-11-12-13-14-15-16-21-28-41-32-25-20-18-23-30(32)36-34(39)33(38)35(40)37-27-26-29-22-17-19-24-31(29)37/h17-20,22-25,33,38H,2-16,21,26-28H2,1H3,(H,36,39). The molecule has 1 aliphatic heterocycles. The molecule has 6 heteroatoms. The van der Waals surface area contributed by atoms with Crippen molar-refractivity contribution < 1.29 is 19.4 Å². The van der Waals surface area contributed by atoms with E-state index in [1.807, 2.05) is 30.3 Å². The third kappa shape index (κ3) is 11.5. The van der Waals surface area contributed by atoms with Crippen LogP contribution in [0.5, 0.6) is 5.75 Å². The summed E-state index contributed by atoms with van der Waals surface area (Å²) >= 11 is 0. The van der Waals surface area contributed by atoms with Crippen LogP contribution in [0, 0.1) is 0 Å². The zero-order valence-electron chi connectivity index (χ0n) is 25.3. The van der Waals surface area contributed by atoms with E-state index < -0.39 is 17.9 Å². The first-order valence-electron chi connectivity index (χ1n) is 16.2. The number of para-hydroxylation sites is 3. The number of ether oxygens (including phenoxy) is 1. The van der Waals surface area contributed by atoms with E-state index in [4.69, 9.17) is 4.74 Å². The van der Waals surface area contributed by atoms with Crippen LogP contribution in [0.25, 0.3) is 0 Å². The molecular weight excluding hydrogens is 512 g/mol. The molecular formula is C35H52N2O4. The van der Waals surface area contributed by atoms with Crippen LogP contribution in [0.15, 0.2) is 48.5 Å². The first-order chi connectivity index (χ1) is 20.1. The van der Waals surface area contributed by atoms with Crippen molar-refractivity contribution in [1.82, 2.24) is 0 Å². The van der Waals surface area contributed by atoms with Gasteiger partial charge in [0, 0.05) is 12.2 Å². The molecule has 0 spiro atoms. The normalized spacial score (nSPS) is 13.2. The topological polar surface area (TPSA) is 78.9 Å². The number of unbranched alkanes of at least 4 members (excludes halogenated alkanes) is 15. The van der Waals surface area contributed by atoms with Crippen molar-refractivity contribution >= 4 is 23.2 Å². The Labute approximate surface area is 247 Å². The maximum Gasteiger partial charge on any atom is 0.265 e. The number of amides is 2. The molecule has 0 aliphatic carbocycles. The lowest BCUT2D eigenvalue weighted by Gasteiger charge is -2.21. The van der Waals surface area contributed by atoms with Crippen LogP contribution in [-0.2, 0) is 16.0 Å². The van der Waals surface area contributed by atoms with E-state index in [0.29, 0.717) is 31.0 Å². The van der Waals surface area contributed by atoms with Crippen LogP contribution in [0.1, 0.15) is 115 Å². The minimum Gasteiger partial charge on any atom is -0.491 e. The number of hydrogen-bond donors (Lipinski definition) is 2. The summed E-state index contributed by atoms with van der Waals surface area (Å²) in [7, 11) is 0. The maximum absolute atomic E-state index is 12.9. The van der Waals surface area contributed by atoms with Gasteiger partial charge in [0.05, 0.1) is 12.3 Å². The molecule has 0 radical (unpaired) electrons. The fourth-order valence-corrected chi connectivity index (χ4v) is 5.56. The van der Waals surface area contributed by atoms with Crippen molar-refractivity contribution in [2.45, 2.75) is 122 Å². The van der Waals surface area contributed by atoms with E-state index in [2.05, 4.69) is 12.2 Å². The largest absolute Gasteiger partial charge is 0.491 e. The highest BCUT2D eigenvalue weighted by Crippen LogP contribution is 2.29. The molecule has 41 heavy (non-hydrogen) atoms. The van der Waals surface area contributed by atoms with Crippen molar-refractivity contribution in [2.24, 2.45) is 0 Å². The SMILES string of the molecule is CCCCCCCCCCCCCCCCCCOc1ccccc1NC(=O)C(O)C(=O)N1CCc2ccccc21. The van der Waals surface area contributed by atoms with Gasteiger partial charge in [0.15, 0.2) is 0 Å². The highest BCUT2D eigenvalue weighted by molar-refractivity contribution is 6.14. The summed E-state index contributed by atoms with van der Waals surface area (Å²) in [4.78, 5) is 27.1. The molecule has 226 valence electrons. The Balaban J connectivity index is 1.24. The van der Waals surface area contributed by atoms with Crippen LogP contribution in [0.4, 0.5) is 11.4 Å². The third-order valence-corrected chi connectivity index (χ3v) is 8.04. The van der Waals surface area contributed by atoms with Crippen LogP contribution in [0.2, 0.25) is 0 Å². The molecule has 1 heterocycles. The van der Waals surface area contributed by atoms with Gasteiger partial charge in [-0.1, -0.05) is 134 Å². The lowest BCUT2D eigenvalue weighted by molar-refractivity contribution is -0.136. The Hall–Kier alpha value is -2.86. The highest BCUT2D eigenvalue weighted by Gasteiger charge is 2.33. The zero-order valence-corrected chi connectivity index (χ0v) is 25.3. The molecule has 1 atom stereocenters. The lowest BCUT2D eigenvalue weighted by atomic mass is 10.0. The number of hydrogen-bond acceptors (Lipinski definition) is 4. The van der Waals surface area contributed by atoms with Crippen LogP contribution >= 0.6 is 0 Å². The van der Waals surface area contributed by atoms with Gasteiger partial charge >= 0.3 is 0 Å².